The van der Waals surface area contributed by atoms with Crippen LogP contribution in [0.25, 0.3) is 0 Å². The summed E-state index contributed by atoms with van der Waals surface area (Å²) in [4.78, 5) is 23.9. The highest BCUT2D eigenvalue weighted by molar-refractivity contribution is 5.66. The van der Waals surface area contributed by atoms with E-state index in [0.717, 1.165) is 25.7 Å². The first-order chi connectivity index (χ1) is 18.0. The molecule has 1 N–H and O–H groups in total. The van der Waals surface area contributed by atoms with Crippen LogP contribution in [0.5, 0.6) is 0 Å². The molecule has 220 valence electrons. The van der Waals surface area contributed by atoms with E-state index < -0.39 is 12.2 Å². The van der Waals surface area contributed by atoms with Gasteiger partial charge in [0.25, 0.3) is 0 Å². The zero-order valence-electron chi connectivity index (χ0n) is 25.9. The number of rotatable bonds is 4. The lowest BCUT2D eigenvalue weighted by atomic mass is 9.32. The summed E-state index contributed by atoms with van der Waals surface area (Å²) in [5, 5.41) is 11.5. The highest BCUT2D eigenvalue weighted by Gasteiger charge is 2.72. The second-order valence-corrected chi connectivity index (χ2v) is 16.0. The van der Waals surface area contributed by atoms with Crippen molar-refractivity contribution < 1.29 is 24.2 Å². The highest BCUT2D eigenvalue weighted by Crippen LogP contribution is 2.77. The van der Waals surface area contributed by atoms with E-state index in [-0.39, 0.29) is 39.0 Å². The summed E-state index contributed by atoms with van der Waals surface area (Å²) in [6.07, 6.45) is 8.86. The average Bonchev–Trinajstić information content (AvgIpc) is 3.21. The molecule has 0 amide bonds. The molecule has 5 rings (SSSR count). The van der Waals surface area contributed by atoms with Crippen LogP contribution in [0, 0.1) is 56.7 Å². The first-order valence-electron chi connectivity index (χ1n) is 15.7. The van der Waals surface area contributed by atoms with Crippen LogP contribution < -0.4 is 0 Å². The van der Waals surface area contributed by atoms with Crippen molar-refractivity contribution in [1.82, 2.24) is 0 Å². The number of fused-ring (bicyclic) bond motifs is 7. The van der Waals surface area contributed by atoms with Crippen molar-refractivity contribution in [3.63, 3.8) is 0 Å². The topological polar surface area (TPSA) is 72.8 Å². The van der Waals surface area contributed by atoms with Crippen LogP contribution in [-0.4, -0.2) is 35.9 Å². The maximum absolute atomic E-state index is 12.0. The maximum Gasteiger partial charge on any atom is 0.303 e. The molecule has 0 aromatic carbocycles. The Morgan fingerprint density at radius 3 is 2.15 bits per heavy atom. The first kappa shape index (κ1) is 29.1. The van der Waals surface area contributed by atoms with E-state index in [2.05, 4.69) is 48.1 Å². The summed E-state index contributed by atoms with van der Waals surface area (Å²) < 4.78 is 11.6. The van der Waals surface area contributed by atoms with Gasteiger partial charge in [-0.2, -0.15) is 0 Å². The lowest BCUT2D eigenvalue weighted by Crippen LogP contribution is -2.68. The number of hydrogen-bond acceptors (Lipinski definition) is 5. The van der Waals surface area contributed by atoms with Gasteiger partial charge in [0.15, 0.2) is 0 Å². The molecule has 0 aliphatic heterocycles. The fraction of sp³-hybridized carbons (Fsp3) is 0.882. The minimum absolute atomic E-state index is 0.00372. The second kappa shape index (κ2) is 9.33. The number of aliphatic hydroxyl groups is 1. The number of carbonyl (C=O) groups excluding carboxylic acids is 2. The van der Waals surface area contributed by atoms with Crippen LogP contribution >= 0.6 is 0 Å². The number of hydrogen-bond donors (Lipinski definition) is 1. The standard InChI is InChI=1S/C34H54O5/c1-20(2)23-12-15-34(19-38-21(3)35)17-16-32(8)24(28(23)34)10-11-27-31(7)18-25(37)29(39-22(4)36)30(5,6)26(31)13-14-33(27,32)9/h23-29,37H,1,10-19H2,2-9H3/t23-,24+,25?,26-,27+,28+,29?,31-,32+,33+,34+/m0/s1. The molecule has 2 unspecified atom stereocenters. The van der Waals surface area contributed by atoms with Crippen LogP contribution in [0.3, 0.4) is 0 Å². The smallest absolute Gasteiger partial charge is 0.303 e. The molecule has 11 atom stereocenters. The lowest BCUT2D eigenvalue weighted by Gasteiger charge is -2.73. The maximum atomic E-state index is 12.0. The van der Waals surface area contributed by atoms with Gasteiger partial charge in [0, 0.05) is 24.7 Å². The van der Waals surface area contributed by atoms with Gasteiger partial charge in [-0.25, -0.2) is 0 Å². The van der Waals surface area contributed by atoms with Gasteiger partial charge in [0.1, 0.15) is 6.10 Å². The third-order valence-electron chi connectivity index (χ3n) is 14.0. The molecule has 5 fully saturated rings. The molecule has 0 bridgehead atoms. The Kier molecular flexibility index (Phi) is 6.97. The molecular formula is C34H54O5. The predicted molar refractivity (Wildman–Crippen MR) is 153 cm³/mol. The Hall–Kier alpha value is -1.36. The summed E-state index contributed by atoms with van der Waals surface area (Å²) >= 11 is 0. The number of esters is 2. The molecule has 5 heteroatoms. The molecule has 5 nitrogen and oxygen atoms in total. The van der Waals surface area contributed by atoms with Crippen molar-refractivity contribution in [1.29, 1.82) is 0 Å². The van der Waals surface area contributed by atoms with E-state index in [4.69, 9.17) is 9.47 Å². The van der Waals surface area contributed by atoms with Crippen LogP contribution in [0.2, 0.25) is 0 Å². The Labute approximate surface area is 236 Å². The molecule has 0 spiro atoms. The van der Waals surface area contributed by atoms with Crippen LogP contribution in [0.4, 0.5) is 0 Å². The van der Waals surface area contributed by atoms with E-state index in [1.54, 1.807) is 6.92 Å². The molecule has 5 saturated carbocycles. The second-order valence-electron chi connectivity index (χ2n) is 16.0. The summed E-state index contributed by atoms with van der Waals surface area (Å²) in [5.74, 6) is 2.05. The monoisotopic (exact) mass is 542 g/mol. The van der Waals surface area contributed by atoms with Gasteiger partial charge in [-0.05, 0) is 111 Å². The van der Waals surface area contributed by atoms with E-state index in [0.29, 0.717) is 42.6 Å². The zero-order chi connectivity index (χ0) is 28.8. The minimum atomic E-state index is -0.636. The Morgan fingerprint density at radius 2 is 1.54 bits per heavy atom. The minimum Gasteiger partial charge on any atom is -0.465 e. The van der Waals surface area contributed by atoms with Gasteiger partial charge in [-0.1, -0.05) is 46.8 Å². The molecule has 5 aliphatic rings. The van der Waals surface area contributed by atoms with Gasteiger partial charge in [-0.3, -0.25) is 9.59 Å². The SMILES string of the molecule is C=C(C)[C@@H]1CC[C@]2(COC(C)=O)CC[C@]3(C)[C@H](CC[C@@H]4[C@@]5(C)CC(O)C(OC(C)=O)C(C)(C)[C@@H]5CC[C@]43C)[C@@H]12. The van der Waals surface area contributed by atoms with Crippen molar-refractivity contribution in [2.45, 2.75) is 125 Å². The van der Waals surface area contributed by atoms with E-state index >= 15 is 0 Å². The van der Waals surface area contributed by atoms with E-state index in [9.17, 15) is 14.7 Å². The fourth-order valence-electron chi connectivity index (χ4n) is 12.3. The van der Waals surface area contributed by atoms with E-state index in [1.165, 1.54) is 38.2 Å². The predicted octanol–water partition coefficient (Wildman–Crippen LogP) is 7.11. The molecule has 39 heavy (non-hydrogen) atoms. The molecule has 0 radical (unpaired) electrons. The van der Waals surface area contributed by atoms with Gasteiger partial charge in [0.05, 0.1) is 12.7 Å². The average molecular weight is 543 g/mol. The molecule has 0 aromatic rings. The number of ether oxygens (including phenoxy) is 2. The zero-order valence-corrected chi connectivity index (χ0v) is 25.9. The summed E-state index contributed by atoms with van der Waals surface area (Å²) in [6.45, 7) is 22.3. The third kappa shape index (κ3) is 4.02. The molecular weight excluding hydrogens is 488 g/mol. The quantitative estimate of drug-likeness (QED) is 0.303. The number of carbonyl (C=O) groups is 2. The fourth-order valence-corrected chi connectivity index (χ4v) is 12.3. The van der Waals surface area contributed by atoms with Gasteiger partial charge < -0.3 is 14.6 Å². The highest BCUT2D eigenvalue weighted by atomic mass is 16.6. The normalized spacial score (nSPS) is 50.0. The van der Waals surface area contributed by atoms with Crippen molar-refractivity contribution in [3.05, 3.63) is 12.2 Å². The first-order valence-corrected chi connectivity index (χ1v) is 15.7. The van der Waals surface area contributed by atoms with Gasteiger partial charge in [0.2, 0.25) is 0 Å². The van der Waals surface area contributed by atoms with Crippen molar-refractivity contribution in [2.24, 2.45) is 56.7 Å². The third-order valence-corrected chi connectivity index (χ3v) is 14.0. The van der Waals surface area contributed by atoms with Crippen LogP contribution in [-0.2, 0) is 19.1 Å². The van der Waals surface area contributed by atoms with E-state index in [1.807, 2.05) is 0 Å². The largest absolute Gasteiger partial charge is 0.465 e. The Morgan fingerprint density at radius 1 is 0.846 bits per heavy atom. The molecule has 0 heterocycles. The molecule has 5 aliphatic carbocycles. The summed E-state index contributed by atoms with van der Waals surface area (Å²) in [7, 11) is 0. The Bertz CT molecular complexity index is 1030. The van der Waals surface area contributed by atoms with Crippen molar-refractivity contribution in [3.8, 4) is 0 Å². The number of aliphatic hydroxyl groups excluding tert-OH is 1. The van der Waals surface area contributed by atoms with Crippen molar-refractivity contribution >= 4 is 11.9 Å². The lowest BCUT2D eigenvalue weighted by molar-refractivity contribution is -0.267. The molecule has 0 aromatic heterocycles. The van der Waals surface area contributed by atoms with Crippen LogP contribution in [0.15, 0.2) is 12.2 Å². The van der Waals surface area contributed by atoms with Gasteiger partial charge >= 0.3 is 11.9 Å². The van der Waals surface area contributed by atoms with Gasteiger partial charge in [-0.15, -0.1) is 0 Å². The Balaban J connectivity index is 1.51. The van der Waals surface area contributed by atoms with Crippen molar-refractivity contribution in [2.75, 3.05) is 6.61 Å². The summed E-state index contributed by atoms with van der Waals surface area (Å²) in [6, 6.07) is 0. The number of allylic oxidation sites excluding steroid dienone is 1. The molecule has 0 saturated heterocycles. The summed E-state index contributed by atoms with van der Waals surface area (Å²) in [5.41, 5.74) is 1.44. The van der Waals surface area contributed by atoms with Crippen LogP contribution in [0.1, 0.15) is 113 Å².